The van der Waals surface area contributed by atoms with Crippen LogP contribution >= 0.6 is 23.1 Å². The van der Waals surface area contributed by atoms with E-state index in [4.69, 9.17) is 10.4 Å². The fraction of sp³-hybridized carbons (Fsp3) is 0.111. The van der Waals surface area contributed by atoms with Gasteiger partial charge in [0.1, 0.15) is 12.1 Å². The van der Waals surface area contributed by atoms with Gasteiger partial charge in [0, 0.05) is 4.90 Å². The summed E-state index contributed by atoms with van der Waals surface area (Å²) < 4.78 is 1.01. The molecular formula is C9H7N3OS2. The van der Waals surface area contributed by atoms with Crippen LogP contribution in [0.15, 0.2) is 23.1 Å². The van der Waals surface area contributed by atoms with Crippen LogP contribution < -0.4 is 5.32 Å². The van der Waals surface area contributed by atoms with Crippen molar-refractivity contribution in [3.63, 3.8) is 0 Å². The Morgan fingerprint density at radius 2 is 2.47 bits per heavy atom. The maximum atomic E-state index is 8.69. The largest absolute Gasteiger partial charge is 0.377 e. The average Bonchev–Trinajstić information content (AvgIpc) is 2.60. The smallest absolute Gasteiger partial charge is 0.185 e. The Bertz CT molecular complexity index is 518. The summed E-state index contributed by atoms with van der Waals surface area (Å²) in [5.74, 6) is 0. The van der Waals surface area contributed by atoms with Crippen LogP contribution in [0.3, 0.4) is 0 Å². The molecule has 0 aliphatic heterocycles. The third-order valence-electron chi connectivity index (χ3n) is 1.75. The number of aliphatic hydroxyl groups excluding tert-OH is 1. The van der Waals surface area contributed by atoms with Gasteiger partial charge in [0.25, 0.3) is 0 Å². The van der Waals surface area contributed by atoms with E-state index in [1.54, 1.807) is 0 Å². The van der Waals surface area contributed by atoms with E-state index in [-0.39, 0.29) is 6.73 Å². The van der Waals surface area contributed by atoms with E-state index in [2.05, 4.69) is 10.3 Å². The number of benzene rings is 1. The zero-order chi connectivity index (χ0) is 10.7. The fourth-order valence-electron chi connectivity index (χ4n) is 1.16. The van der Waals surface area contributed by atoms with Crippen LogP contribution in [0.1, 0.15) is 0 Å². The molecule has 1 aromatic heterocycles. The lowest BCUT2D eigenvalue weighted by Crippen LogP contribution is -1.97. The van der Waals surface area contributed by atoms with Gasteiger partial charge in [-0.2, -0.15) is 5.26 Å². The molecule has 0 radical (unpaired) electrons. The minimum absolute atomic E-state index is 0.125. The Hall–Kier alpha value is -1.29. The van der Waals surface area contributed by atoms with Crippen molar-refractivity contribution in [2.24, 2.45) is 0 Å². The molecule has 0 amide bonds. The van der Waals surface area contributed by atoms with Crippen LogP contribution in [0, 0.1) is 10.7 Å². The van der Waals surface area contributed by atoms with E-state index >= 15 is 0 Å². The van der Waals surface area contributed by atoms with E-state index in [1.807, 2.05) is 23.6 Å². The molecule has 2 aromatic rings. The maximum Gasteiger partial charge on any atom is 0.185 e. The number of hydrogen-bond acceptors (Lipinski definition) is 6. The molecule has 0 unspecified atom stereocenters. The predicted molar refractivity (Wildman–Crippen MR) is 61.8 cm³/mol. The quantitative estimate of drug-likeness (QED) is 0.486. The molecular weight excluding hydrogens is 230 g/mol. The highest BCUT2D eigenvalue weighted by Crippen LogP contribution is 2.29. The van der Waals surface area contributed by atoms with Crippen molar-refractivity contribution < 1.29 is 5.11 Å². The lowest BCUT2D eigenvalue weighted by atomic mass is 10.3. The Kier molecular flexibility index (Phi) is 3.06. The highest BCUT2D eigenvalue weighted by Gasteiger charge is 2.03. The molecule has 2 rings (SSSR count). The summed E-state index contributed by atoms with van der Waals surface area (Å²) in [6.45, 7) is -0.125. The van der Waals surface area contributed by atoms with Gasteiger partial charge in [0.05, 0.1) is 10.2 Å². The lowest BCUT2D eigenvalue weighted by Gasteiger charge is -1.91. The number of hydrogen-bond donors (Lipinski definition) is 2. The van der Waals surface area contributed by atoms with Crippen molar-refractivity contribution in [3.8, 4) is 5.40 Å². The zero-order valence-electron chi connectivity index (χ0n) is 7.60. The van der Waals surface area contributed by atoms with Crippen LogP contribution in [0.5, 0.6) is 0 Å². The van der Waals surface area contributed by atoms with Crippen LogP contribution in [-0.4, -0.2) is 16.8 Å². The normalized spacial score (nSPS) is 10.1. The van der Waals surface area contributed by atoms with E-state index < -0.39 is 0 Å². The number of nitrogens with one attached hydrogen (secondary N) is 1. The maximum absolute atomic E-state index is 8.69. The van der Waals surface area contributed by atoms with Crippen molar-refractivity contribution in [1.82, 2.24) is 4.98 Å². The molecule has 0 aliphatic rings. The predicted octanol–water partition coefficient (Wildman–Crippen LogP) is 2.23. The topological polar surface area (TPSA) is 68.9 Å². The van der Waals surface area contributed by atoms with Gasteiger partial charge in [0.2, 0.25) is 0 Å². The minimum Gasteiger partial charge on any atom is -0.377 e. The zero-order valence-corrected chi connectivity index (χ0v) is 9.23. The van der Waals surface area contributed by atoms with Gasteiger partial charge in [-0.3, -0.25) is 0 Å². The van der Waals surface area contributed by atoms with Crippen molar-refractivity contribution >= 4 is 38.4 Å². The van der Waals surface area contributed by atoms with Crippen molar-refractivity contribution in [1.29, 1.82) is 5.26 Å². The Morgan fingerprint density at radius 1 is 1.60 bits per heavy atom. The van der Waals surface area contributed by atoms with E-state index in [9.17, 15) is 0 Å². The standard InChI is InChI=1S/C9H7N3OS2/c10-4-14-6-1-2-7-8(3-6)15-9(12-7)11-5-13/h1-3,13H,5H2,(H,11,12). The van der Waals surface area contributed by atoms with Crippen LogP contribution in [0.25, 0.3) is 10.2 Å². The summed E-state index contributed by atoms with van der Waals surface area (Å²) in [6, 6.07) is 5.65. The molecule has 0 aliphatic carbocycles. The molecule has 0 fully saturated rings. The molecule has 0 spiro atoms. The van der Waals surface area contributed by atoms with Crippen LogP contribution in [-0.2, 0) is 0 Å². The van der Waals surface area contributed by atoms with Gasteiger partial charge in [-0.25, -0.2) is 4.98 Å². The first-order valence-corrected chi connectivity index (χ1v) is 5.78. The summed E-state index contributed by atoms with van der Waals surface area (Å²) in [4.78, 5) is 5.17. The summed E-state index contributed by atoms with van der Waals surface area (Å²) in [6.07, 6.45) is 0. The molecule has 1 aromatic carbocycles. The van der Waals surface area contributed by atoms with Gasteiger partial charge in [0.15, 0.2) is 5.13 Å². The Balaban J connectivity index is 2.39. The van der Waals surface area contributed by atoms with Crippen molar-refractivity contribution in [2.75, 3.05) is 12.0 Å². The SMILES string of the molecule is N#CSc1ccc2nc(NCO)sc2c1. The number of thioether (sulfide) groups is 1. The molecule has 0 saturated heterocycles. The molecule has 6 heteroatoms. The van der Waals surface area contributed by atoms with Gasteiger partial charge in [-0.15, -0.1) is 0 Å². The minimum atomic E-state index is -0.125. The van der Waals surface area contributed by atoms with Gasteiger partial charge >= 0.3 is 0 Å². The van der Waals surface area contributed by atoms with E-state index in [0.717, 1.165) is 26.9 Å². The highest BCUT2D eigenvalue weighted by molar-refractivity contribution is 8.03. The number of aromatic nitrogens is 1. The molecule has 0 atom stereocenters. The molecule has 1 heterocycles. The fourth-order valence-corrected chi connectivity index (χ4v) is 2.55. The monoisotopic (exact) mass is 237 g/mol. The van der Waals surface area contributed by atoms with Gasteiger partial charge < -0.3 is 10.4 Å². The molecule has 76 valence electrons. The highest BCUT2D eigenvalue weighted by atomic mass is 32.2. The molecule has 4 nitrogen and oxygen atoms in total. The van der Waals surface area contributed by atoms with Crippen LogP contribution in [0.4, 0.5) is 5.13 Å². The number of nitriles is 1. The van der Waals surface area contributed by atoms with E-state index in [0.29, 0.717) is 5.13 Å². The molecule has 15 heavy (non-hydrogen) atoms. The molecule has 2 N–H and O–H groups in total. The Morgan fingerprint density at radius 3 is 3.20 bits per heavy atom. The summed E-state index contributed by atoms with van der Waals surface area (Å²) in [5, 5.41) is 22.7. The third kappa shape index (κ3) is 2.21. The number of rotatable bonds is 3. The lowest BCUT2D eigenvalue weighted by molar-refractivity contribution is 0.325. The number of aliphatic hydroxyl groups is 1. The third-order valence-corrected chi connectivity index (χ3v) is 3.31. The molecule has 0 bridgehead atoms. The second-order valence-corrected chi connectivity index (χ2v) is 4.57. The summed E-state index contributed by atoms with van der Waals surface area (Å²) in [5.41, 5.74) is 0.873. The first-order valence-electron chi connectivity index (χ1n) is 4.15. The second-order valence-electron chi connectivity index (χ2n) is 2.68. The Labute approximate surface area is 94.6 Å². The number of anilines is 1. The molecule has 0 saturated carbocycles. The first kappa shape index (κ1) is 10.2. The summed E-state index contributed by atoms with van der Waals surface area (Å²) >= 11 is 2.58. The number of nitrogens with zero attached hydrogens (tertiary/aromatic N) is 2. The van der Waals surface area contributed by atoms with Crippen molar-refractivity contribution in [2.45, 2.75) is 4.90 Å². The van der Waals surface area contributed by atoms with E-state index in [1.165, 1.54) is 11.3 Å². The second kappa shape index (κ2) is 4.49. The number of thiazole rings is 1. The summed E-state index contributed by atoms with van der Waals surface area (Å²) in [7, 11) is 0. The van der Waals surface area contributed by atoms with Crippen LogP contribution in [0.2, 0.25) is 0 Å². The van der Waals surface area contributed by atoms with Gasteiger partial charge in [-0.05, 0) is 30.0 Å². The number of thiocyanates is 1. The van der Waals surface area contributed by atoms with Crippen molar-refractivity contribution in [3.05, 3.63) is 18.2 Å². The van der Waals surface area contributed by atoms with Gasteiger partial charge in [-0.1, -0.05) is 11.3 Å². The number of fused-ring (bicyclic) bond motifs is 1. The first-order chi connectivity index (χ1) is 7.33. The average molecular weight is 237 g/mol.